The summed E-state index contributed by atoms with van der Waals surface area (Å²) in [6.45, 7) is -0.00727. The third-order valence-electron chi connectivity index (χ3n) is 1.65. The van der Waals surface area contributed by atoms with Crippen molar-refractivity contribution in [2.75, 3.05) is 7.11 Å². The first kappa shape index (κ1) is 10.9. The van der Waals surface area contributed by atoms with E-state index in [0.717, 1.165) is 6.07 Å². The molecule has 0 aliphatic rings. The van der Waals surface area contributed by atoms with Crippen LogP contribution in [-0.4, -0.2) is 18.2 Å². The van der Waals surface area contributed by atoms with E-state index in [1.165, 1.54) is 13.2 Å². The first-order chi connectivity index (χ1) is 6.56. The van der Waals surface area contributed by atoms with Crippen molar-refractivity contribution in [2.45, 2.75) is 6.61 Å². The van der Waals surface area contributed by atoms with E-state index in [4.69, 9.17) is 21.4 Å². The minimum absolute atomic E-state index is 0.00727. The molecule has 1 aromatic rings. The number of aromatic carboxylic acids is 1. The fourth-order valence-electron chi connectivity index (χ4n) is 1.03. The molecular weight excluding hydrogens is 211 g/mol. The van der Waals surface area contributed by atoms with Crippen molar-refractivity contribution in [2.24, 2.45) is 0 Å². The van der Waals surface area contributed by atoms with Gasteiger partial charge in [0.05, 0.1) is 17.2 Å². The topological polar surface area (TPSA) is 46.5 Å². The van der Waals surface area contributed by atoms with Crippen molar-refractivity contribution < 1.29 is 19.0 Å². The number of rotatable bonds is 3. The highest BCUT2D eigenvalue weighted by molar-refractivity contribution is 6.31. The lowest BCUT2D eigenvalue weighted by Crippen LogP contribution is -2.01. The maximum absolute atomic E-state index is 13.2. The number of carboxylic acid groups (broad SMARTS) is 1. The third kappa shape index (κ3) is 2.21. The number of methoxy groups -OCH3 is 1. The summed E-state index contributed by atoms with van der Waals surface area (Å²) in [7, 11) is 1.39. The van der Waals surface area contributed by atoms with Gasteiger partial charge in [-0.1, -0.05) is 11.6 Å². The molecule has 0 bridgehead atoms. The van der Waals surface area contributed by atoms with E-state index in [1.807, 2.05) is 0 Å². The SMILES string of the molecule is COCc1cc(C(=O)O)cc(Cl)c1F. The van der Waals surface area contributed by atoms with E-state index in [0.29, 0.717) is 0 Å². The van der Waals surface area contributed by atoms with E-state index in [9.17, 15) is 9.18 Å². The highest BCUT2D eigenvalue weighted by Crippen LogP contribution is 2.21. The average Bonchev–Trinajstić information content (AvgIpc) is 2.12. The summed E-state index contributed by atoms with van der Waals surface area (Å²) < 4.78 is 17.9. The predicted molar refractivity (Wildman–Crippen MR) is 49.1 cm³/mol. The second kappa shape index (κ2) is 4.39. The molecule has 14 heavy (non-hydrogen) atoms. The van der Waals surface area contributed by atoms with Gasteiger partial charge in [0.2, 0.25) is 0 Å². The van der Waals surface area contributed by atoms with E-state index in [-0.39, 0.29) is 22.8 Å². The van der Waals surface area contributed by atoms with Gasteiger partial charge in [-0.15, -0.1) is 0 Å². The van der Waals surface area contributed by atoms with Crippen molar-refractivity contribution in [1.29, 1.82) is 0 Å². The molecule has 1 N–H and O–H groups in total. The number of hydrogen-bond acceptors (Lipinski definition) is 2. The van der Waals surface area contributed by atoms with Gasteiger partial charge in [0, 0.05) is 12.7 Å². The zero-order valence-electron chi connectivity index (χ0n) is 7.38. The van der Waals surface area contributed by atoms with Crippen LogP contribution >= 0.6 is 11.6 Å². The first-order valence-corrected chi connectivity index (χ1v) is 4.14. The molecule has 5 heteroatoms. The Morgan fingerprint density at radius 1 is 1.64 bits per heavy atom. The molecule has 0 saturated heterocycles. The monoisotopic (exact) mass is 218 g/mol. The van der Waals surface area contributed by atoms with Gasteiger partial charge in [-0.05, 0) is 12.1 Å². The molecule has 0 amide bonds. The minimum atomic E-state index is -1.15. The Kier molecular flexibility index (Phi) is 3.43. The maximum atomic E-state index is 13.2. The van der Waals surface area contributed by atoms with Gasteiger partial charge in [0.1, 0.15) is 5.82 Å². The largest absolute Gasteiger partial charge is 0.478 e. The minimum Gasteiger partial charge on any atom is -0.478 e. The molecular formula is C9H8ClFO3. The Morgan fingerprint density at radius 2 is 2.29 bits per heavy atom. The Labute approximate surface area is 85.1 Å². The Balaban J connectivity index is 3.20. The lowest BCUT2D eigenvalue weighted by molar-refractivity contribution is 0.0696. The first-order valence-electron chi connectivity index (χ1n) is 3.76. The molecule has 1 rings (SSSR count). The van der Waals surface area contributed by atoms with Crippen LogP contribution < -0.4 is 0 Å². The van der Waals surface area contributed by atoms with Crippen LogP contribution in [0.5, 0.6) is 0 Å². The molecule has 0 atom stereocenters. The van der Waals surface area contributed by atoms with Gasteiger partial charge in [-0.25, -0.2) is 9.18 Å². The molecule has 1 aromatic carbocycles. The van der Waals surface area contributed by atoms with Gasteiger partial charge >= 0.3 is 5.97 Å². The lowest BCUT2D eigenvalue weighted by Gasteiger charge is -2.05. The number of carbonyl (C=O) groups is 1. The standard InChI is InChI=1S/C9H8ClFO3/c1-14-4-6-2-5(9(12)13)3-7(10)8(6)11/h2-3H,4H2,1H3,(H,12,13). The van der Waals surface area contributed by atoms with Gasteiger partial charge in [-0.3, -0.25) is 0 Å². The molecule has 3 nitrogen and oxygen atoms in total. The Hall–Kier alpha value is -1.13. The van der Waals surface area contributed by atoms with Crippen LogP contribution in [0.25, 0.3) is 0 Å². The fraction of sp³-hybridized carbons (Fsp3) is 0.222. The molecule has 0 spiro atoms. The van der Waals surface area contributed by atoms with Gasteiger partial charge in [0.25, 0.3) is 0 Å². The molecule has 0 radical (unpaired) electrons. The molecule has 0 aromatic heterocycles. The number of halogens is 2. The quantitative estimate of drug-likeness (QED) is 0.847. The molecule has 0 aliphatic heterocycles. The number of carboxylic acids is 1. The van der Waals surface area contributed by atoms with Crippen molar-refractivity contribution in [3.63, 3.8) is 0 Å². The summed E-state index contributed by atoms with van der Waals surface area (Å²) in [4.78, 5) is 10.6. The predicted octanol–water partition coefficient (Wildman–Crippen LogP) is 2.32. The van der Waals surface area contributed by atoms with Crippen LogP contribution in [0, 0.1) is 5.82 Å². The van der Waals surface area contributed by atoms with Crippen molar-refractivity contribution >= 4 is 17.6 Å². The summed E-state index contributed by atoms with van der Waals surface area (Å²) >= 11 is 5.50. The summed E-state index contributed by atoms with van der Waals surface area (Å²) in [6.07, 6.45) is 0. The zero-order chi connectivity index (χ0) is 10.7. The van der Waals surface area contributed by atoms with Crippen LogP contribution in [0.1, 0.15) is 15.9 Å². The molecule has 0 aliphatic carbocycles. The van der Waals surface area contributed by atoms with E-state index in [1.54, 1.807) is 0 Å². The van der Waals surface area contributed by atoms with E-state index in [2.05, 4.69) is 0 Å². The molecule has 0 saturated carbocycles. The van der Waals surface area contributed by atoms with Crippen LogP contribution in [0.3, 0.4) is 0 Å². The average molecular weight is 219 g/mol. The Bertz CT molecular complexity index is 365. The van der Waals surface area contributed by atoms with E-state index < -0.39 is 11.8 Å². The number of ether oxygens (including phenoxy) is 1. The highest BCUT2D eigenvalue weighted by Gasteiger charge is 2.12. The Morgan fingerprint density at radius 3 is 2.79 bits per heavy atom. The van der Waals surface area contributed by atoms with Gasteiger partial charge < -0.3 is 9.84 Å². The normalized spacial score (nSPS) is 10.2. The maximum Gasteiger partial charge on any atom is 0.335 e. The van der Waals surface area contributed by atoms with E-state index >= 15 is 0 Å². The van der Waals surface area contributed by atoms with Crippen LogP contribution in [0.15, 0.2) is 12.1 Å². The van der Waals surface area contributed by atoms with Gasteiger partial charge in [-0.2, -0.15) is 0 Å². The zero-order valence-corrected chi connectivity index (χ0v) is 8.14. The van der Waals surface area contributed by atoms with Crippen molar-refractivity contribution in [3.8, 4) is 0 Å². The molecule has 0 heterocycles. The van der Waals surface area contributed by atoms with Crippen molar-refractivity contribution in [3.05, 3.63) is 34.1 Å². The third-order valence-corrected chi connectivity index (χ3v) is 1.93. The van der Waals surface area contributed by atoms with Crippen LogP contribution in [-0.2, 0) is 11.3 Å². The van der Waals surface area contributed by atoms with Gasteiger partial charge in [0.15, 0.2) is 0 Å². The summed E-state index contributed by atoms with van der Waals surface area (Å²) in [5, 5.41) is 8.46. The second-order valence-electron chi connectivity index (χ2n) is 2.67. The smallest absolute Gasteiger partial charge is 0.335 e. The summed E-state index contributed by atoms with van der Waals surface area (Å²) in [5.41, 5.74) is 0.0841. The number of hydrogen-bond donors (Lipinski definition) is 1. The molecule has 0 fully saturated rings. The molecule has 0 unspecified atom stereocenters. The number of benzene rings is 1. The molecule has 76 valence electrons. The second-order valence-corrected chi connectivity index (χ2v) is 3.08. The van der Waals surface area contributed by atoms with Crippen LogP contribution in [0.2, 0.25) is 5.02 Å². The summed E-state index contributed by atoms with van der Waals surface area (Å²) in [6, 6.07) is 2.27. The van der Waals surface area contributed by atoms with Crippen LogP contribution in [0.4, 0.5) is 4.39 Å². The summed E-state index contributed by atoms with van der Waals surface area (Å²) in [5.74, 6) is -1.79. The van der Waals surface area contributed by atoms with Crippen molar-refractivity contribution in [1.82, 2.24) is 0 Å². The lowest BCUT2D eigenvalue weighted by atomic mass is 10.1. The fourth-order valence-corrected chi connectivity index (χ4v) is 1.27. The highest BCUT2D eigenvalue weighted by atomic mass is 35.5.